The Hall–Kier alpha value is -4.20. The highest BCUT2D eigenvalue weighted by molar-refractivity contribution is 8.45. The number of amides is 2. The van der Waals surface area contributed by atoms with Crippen LogP contribution in [0, 0.1) is 23.6 Å². The molecule has 0 saturated heterocycles. The minimum Gasteiger partial charge on any atom is -0.496 e. The zero-order chi connectivity index (χ0) is 32.8. The number of benzene rings is 3. The van der Waals surface area contributed by atoms with E-state index in [0.29, 0.717) is 24.8 Å². The Kier molecular flexibility index (Phi) is 7.87. The van der Waals surface area contributed by atoms with Crippen LogP contribution in [-0.2, 0) is 9.53 Å². The molecule has 2 bridgehead atoms. The second-order valence-electron chi connectivity index (χ2n) is 11.2. The van der Waals surface area contributed by atoms with E-state index < -0.39 is 56.4 Å². The van der Waals surface area contributed by atoms with Gasteiger partial charge in [0.2, 0.25) is 5.91 Å². The van der Waals surface area contributed by atoms with Crippen molar-refractivity contribution in [1.82, 2.24) is 5.32 Å². The molecule has 2 aliphatic carbocycles. The maximum Gasteiger partial charge on any atom is 0.338 e. The number of carbonyl (C=O) groups excluding carboxylic acids is 3. The average Bonchev–Trinajstić information content (AvgIpc) is 3.58. The largest absolute Gasteiger partial charge is 0.496 e. The maximum atomic E-state index is 15.1. The van der Waals surface area contributed by atoms with Crippen LogP contribution in [-0.4, -0.2) is 37.5 Å². The summed E-state index contributed by atoms with van der Waals surface area (Å²) in [4.78, 5) is 36.8. The van der Waals surface area contributed by atoms with Crippen LogP contribution in [0.5, 0.6) is 5.75 Å². The molecule has 1 unspecified atom stereocenters. The Morgan fingerprint density at radius 3 is 2.27 bits per heavy atom. The van der Waals surface area contributed by atoms with Crippen molar-refractivity contribution < 1.29 is 47.7 Å². The second kappa shape index (κ2) is 11.0. The van der Waals surface area contributed by atoms with Crippen molar-refractivity contribution in [2.45, 2.75) is 37.1 Å². The second-order valence-corrected chi connectivity index (χ2v) is 13.6. The van der Waals surface area contributed by atoms with Crippen molar-refractivity contribution in [3.8, 4) is 16.9 Å². The number of hydrogen-bond donors (Lipinski definition) is 2. The topological polar surface area (TPSA) is 93.7 Å². The van der Waals surface area contributed by atoms with E-state index in [-0.39, 0.29) is 53.0 Å². The number of anilines is 1. The third-order valence-corrected chi connectivity index (χ3v) is 9.45. The molecule has 2 aliphatic rings. The van der Waals surface area contributed by atoms with Crippen LogP contribution in [0.25, 0.3) is 11.1 Å². The number of methoxy groups -OCH3 is 1. The lowest BCUT2D eigenvalue weighted by Gasteiger charge is -2.40. The van der Waals surface area contributed by atoms with Crippen molar-refractivity contribution in [2.75, 3.05) is 19.0 Å². The summed E-state index contributed by atoms with van der Waals surface area (Å²) in [6.07, 6.45) is 1.91. The van der Waals surface area contributed by atoms with Gasteiger partial charge in [-0.15, -0.1) is 0 Å². The summed E-state index contributed by atoms with van der Waals surface area (Å²) < 4.78 is 92.1. The molecule has 7 nitrogen and oxygen atoms in total. The summed E-state index contributed by atoms with van der Waals surface area (Å²) in [7, 11) is -8.72. The van der Waals surface area contributed by atoms with Gasteiger partial charge in [0.05, 0.1) is 30.8 Å². The quantitative estimate of drug-likeness (QED) is 0.179. The summed E-state index contributed by atoms with van der Waals surface area (Å²) >= 11 is 0. The summed E-state index contributed by atoms with van der Waals surface area (Å²) in [6, 6.07) is 9.84. The van der Waals surface area contributed by atoms with Crippen LogP contribution in [0.1, 0.15) is 46.9 Å². The van der Waals surface area contributed by atoms with Crippen LogP contribution in [0.4, 0.5) is 29.5 Å². The Morgan fingerprint density at radius 2 is 1.62 bits per heavy atom. The molecule has 0 heterocycles. The Bertz CT molecular complexity index is 1670. The summed E-state index contributed by atoms with van der Waals surface area (Å²) in [5.41, 5.74) is 0.186. The van der Waals surface area contributed by atoms with Gasteiger partial charge in [-0.05, 0) is 80.0 Å². The first-order valence-corrected chi connectivity index (χ1v) is 16.0. The summed E-state index contributed by atoms with van der Waals surface area (Å²) in [5.74, 6) is -3.86. The van der Waals surface area contributed by atoms with Crippen LogP contribution in [0.15, 0.2) is 65.6 Å². The van der Waals surface area contributed by atoms with E-state index in [4.69, 9.17) is 9.47 Å². The molecule has 2 N–H and O–H groups in total. The molecule has 3 aromatic rings. The fraction of sp³-hybridized carbons (Fsp3) is 0.323. The van der Waals surface area contributed by atoms with Crippen LogP contribution in [0.2, 0.25) is 0 Å². The molecule has 4 atom stereocenters. The fourth-order valence-electron chi connectivity index (χ4n) is 6.27. The van der Waals surface area contributed by atoms with E-state index in [1.54, 1.807) is 6.92 Å². The Labute approximate surface area is 255 Å². The fourth-order valence-corrected chi connectivity index (χ4v) is 6.95. The number of rotatable bonds is 9. The van der Waals surface area contributed by atoms with Crippen molar-refractivity contribution in [1.29, 1.82) is 0 Å². The van der Waals surface area contributed by atoms with Crippen LogP contribution in [0.3, 0.4) is 0 Å². The smallest absolute Gasteiger partial charge is 0.338 e. The first kappa shape index (κ1) is 32.2. The molecule has 2 fully saturated rings. The third-order valence-electron chi connectivity index (χ3n) is 8.30. The number of hydrogen-bond acceptors (Lipinski definition) is 5. The maximum absolute atomic E-state index is 15.1. The van der Waals surface area contributed by atoms with E-state index in [0.717, 1.165) is 18.2 Å². The standard InChI is InChI=1S/C31H30F6N2O5S/c1-3-44-31(42)18-9-7-17(8-10-18)23-15-24(26(43-2)16-25(23)32)29(40)39-28-20-12-11-19(13-20)27(28)30(41)38-21-5-4-6-22(14-21)45(33,34,35,36)37/h4-10,14-16,19-20,27-28H,3,11-13H2,1-2H3,(H,38,41)(H,39,40)/t19-,20+,27?,28-/m1/s1. The molecular formula is C31H30F6N2O5S. The number of carbonyl (C=O) groups is 3. The van der Waals surface area contributed by atoms with Gasteiger partial charge in [-0.1, -0.05) is 37.6 Å². The van der Waals surface area contributed by atoms with E-state index in [9.17, 15) is 33.8 Å². The number of esters is 1. The highest BCUT2D eigenvalue weighted by atomic mass is 32.5. The molecular weight excluding hydrogens is 626 g/mol. The zero-order valence-electron chi connectivity index (χ0n) is 24.1. The van der Waals surface area contributed by atoms with Gasteiger partial charge < -0.3 is 20.1 Å². The molecule has 242 valence electrons. The van der Waals surface area contributed by atoms with E-state index >= 15 is 4.39 Å². The van der Waals surface area contributed by atoms with E-state index in [1.807, 2.05) is 0 Å². The van der Waals surface area contributed by atoms with Crippen molar-refractivity contribution in [3.63, 3.8) is 0 Å². The number of halogens is 6. The highest BCUT2D eigenvalue weighted by Crippen LogP contribution is 3.02. The Balaban J connectivity index is 1.39. The first-order chi connectivity index (χ1) is 21.0. The van der Waals surface area contributed by atoms with Gasteiger partial charge >= 0.3 is 16.2 Å². The van der Waals surface area contributed by atoms with Gasteiger partial charge in [0.15, 0.2) is 0 Å². The lowest BCUT2D eigenvalue weighted by atomic mass is 9.83. The minimum absolute atomic E-state index is 0.0334. The zero-order valence-corrected chi connectivity index (χ0v) is 24.9. The molecule has 2 saturated carbocycles. The highest BCUT2D eigenvalue weighted by Gasteiger charge is 2.65. The molecule has 3 aromatic carbocycles. The van der Waals surface area contributed by atoms with Gasteiger partial charge in [0.1, 0.15) is 16.5 Å². The van der Waals surface area contributed by atoms with Crippen molar-refractivity contribution >= 4 is 33.7 Å². The van der Waals surface area contributed by atoms with Crippen LogP contribution >= 0.6 is 10.2 Å². The first-order valence-electron chi connectivity index (χ1n) is 14.1. The lowest BCUT2D eigenvalue weighted by molar-refractivity contribution is -0.122. The van der Waals surface area contributed by atoms with Crippen molar-refractivity contribution in [3.05, 3.63) is 77.6 Å². The van der Waals surface area contributed by atoms with E-state index in [2.05, 4.69) is 10.6 Å². The monoisotopic (exact) mass is 656 g/mol. The lowest BCUT2D eigenvalue weighted by Crippen LogP contribution is -2.48. The molecule has 2 amide bonds. The molecule has 14 heteroatoms. The van der Waals surface area contributed by atoms with Crippen LogP contribution < -0.4 is 15.4 Å². The SMILES string of the molecule is CCOC(=O)c1ccc(-c2cc(C(=O)N[C@H]3C(C(=O)Nc4cccc(S(F)(F)(F)(F)F)c4)[C@@H]4CC[C@H]3C4)c(OC)cc2F)cc1. The predicted octanol–water partition coefficient (Wildman–Crippen LogP) is 8.12. The molecule has 45 heavy (non-hydrogen) atoms. The molecule has 0 radical (unpaired) electrons. The number of ether oxygens (including phenoxy) is 2. The molecule has 5 rings (SSSR count). The average molecular weight is 657 g/mol. The number of nitrogens with one attached hydrogen (secondary N) is 2. The van der Waals surface area contributed by atoms with E-state index in [1.165, 1.54) is 37.4 Å². The van der Waals surface area contributed by atoms with Gasteiger partial charge in [-0.25, -0.2) is 9.18 Å². The molecule has 0 aromatic heterocycles. The molecule has 0 spiro atoms. The summed E-state index contributed by atoms with van der Waals surface area (Å²) in [5, 5.41) is 5.17. The van der Waals surface area contributed by atoms with Gasteiger partial charge in [0, 0.05) is 23.4 Å². The van der Waals surface area contributed by atoms with Gasteiger partial charge in [-0.2, -0.15) is 0 Å². The molecule has 0 aliphatic heterocycles. The third kappa shape index (κ3) is 6.75. The summed E-state index contributed by atoms with van der Waals surface area (Å²) in [6.45, 7) is 1.85. The normalized spacial score (nSPS) is 22.2. The van der Waals surface area contributed by atoms with Gasteiger partial charge in [0.25, 0.3) is 5.91 Å². The minimum atomic E-state index is -9.97. The number of fused-ring (bicyclic) bond motifs is 2. The van der Waals surface area contributed by atoms with Gasteiger partial charge in [-0.3, -0.25) is 9.59 Å². The predicted molar refractivity (Wildman–Crippen MR) is 156 cm³/mol. The Morgan fingerprint density at radius 1 is 0.933 bits per heavy atom. The van der Waals surface area contributed by atoms with Crippen molar-refractivity contribution in [2.24, 2.45) is 17.8 Å².